The van der Waals surface area contributed by atoms with Crippen LogP contribution in [0.15, 0.2) is 0 Å². The number of hydrogen-bond acceptors (Lipinski definition) is 15. The van der Waals surface area contributed by atoms with E-state index < -0.39 is 97.5 Å². The van der Waals surface area contributed by atoms with Crippen LogP contribution in [0.5, 0.6) is 0 Å². The molecule has 0 aromatic heterocycles. The minimum atomic E-state index is -4.96. The topological polar surface area (TPSA) is 237 Å². The van der Waals surface area contributed by atoms with E-state index in [1.807, 2.05) is 0 Å². The third-order valence-corrected chi connectivity index (χ3v) is 21.2. The third-order valence-electron chi connectivity index (χ3n) is 19.3. The molecule has 2 unspecified atom stereocenters. The molecular weight excluding hydrogens is 1320 g/mol. The Morgan fingerprint density at radius 3 is 0.673 bits per heavy atom. The smallest absolute Gasteiger partial charge is 0.462 e. The molecule has 0 bridgehead atoms. The van der Waals surface area contributed by atoms with Crippen LogP contribution in [-0.2, 0) is 65.4 Å². The van der Waals surface area contributed by atoms with Crippen LogP contribution >= 0.6 is 15.6 Å². The first kappa shape index (κ1) is 99.1. The lowest BCUT2D eigenvalue weighted by Crippen LogP contribution is -2.30. The van der Waals surface area contributed by atoms with Gasteiger partial charge in [-0.05, 0) is 31.6 Å². The second-order valence-corrected chi connectivity index (χ2v) is 32.9. The summed E-state index contributed by atoms with van der Waals surface area (Å²) < 4.78 is 68.7. The van der Waals surface area contributed by atoms with Crippen LogP contribution in [0.25, 0.3) is 0 Å². The van der Waals surface area contributed by atoms with Gasteiger partial charge in [0.15, 0.2) is 12.2 Å². The van der Waals surface area contributed by atoms with Gasteiger partial charge < -0.3 is 33.8 Å². The summed E-state index contributed by atoms with van der Waals surface area (Å²) >= 11 is 0. The van der Waals surface area contributed by atoms with E-state index >= 15 is 0 Å². The van der Waals surface area contributed by atoms with E-state index in [0.29, 0.717) is 25.7 Å². The molecule has 0 spiro atoms. The number of esters is 4. The number of aliphatic hydroxyl groups excluding tert-OH is 1. The molecule has 3 N–H and O–H groups in total. The predicted molar refractivity (Wildman–Crippen MR) is 414 cm³/mol. The predicted octanol–water partition coefficient (Wildman–Crippen LogP) is 24.8. The van der Waals surface area contributed by atoms with Crippen LogP contribution in [0.3, 0.4) is 0 Å². The van der Waals surface area contributed by atoms with Crippen molar-refractivity contribution in [1.29, 1.82) is 0 Å². The first-order valence-electron chi connectivity index (χ1n) is 42.6. The van der Waals surface area contributed by atoms with Crippen LogP contribution in [-0.4, -0.2) is 96.7 Å². The summed E-state index contributed by atoms with van der Waals surface area (Å²) in [6.45, 7) is 7.34. The van der Waals surface area contributed by atoms with Gasteiger partial charge in [0.2, 0.25) is 0 Å². The molecule has 0 aliphatic carbocycles. The van der Waals surface area contributed by atoms with Crippen LogP contribution < -0.4 is 0 Å². The van der Waals surface area contributed by atoms with Crippen LogP contribution in [0.1, 0.15) is 439 Å². The molecule has 101 heavy (non-hydrogen) atoms. The first-order valence-corrected chi connectivity index (χ1v) is 45.6. The number of carbonyl (C=O) groups excluding carboxylic acids is 4. The van der Waals surface area contributed by atoms with E-state index in [1.54, 1.807) is 0 Å². The van der Waals surface area contributed by atoms with Crippen molar-refractivity contribution in [2.24, 2.45) is 5.92 Å². The highest BCUT2D eigenvalue weighted by atomic mass is 31.2. The lowest BCUT2D eigenvalue weighted by molar-refractivity contribution is -0.161. The lowest BCUT2D eigenvalue weighted by atomic mass is 10.0. The molecule has 5 atom stereocenters. The molecule has 600 valence electrons. The van der Waals surface area contributed by atoms with E-state index in [1.165, 1.54) is 263 Å². The summed E-state index contributed by atoms with van der Waals surface area (Å²) in [5, 5.41) is 10.6. The van der Waals surface area contributed by atoms with Crippen molar-refractivity contribution in [2.75, 3.05) is 39.6 Å². The number of rotatable bonds is 82. The van der Waals surface area contributed by atoms with Crippen LogP contribution in [0.4, 0.5) is 0 Å². The van der Waals surface area contributed by atoms with Crippen molar-refractivity contribution in [2.45, 2.75) is 457 Å². The van der Waals surface area contributed by atoms with E-state index in [4.69, 9.17) is 37.0 Å². The molecule has 0 aliphatic rings. The third kappa shape index (κ3) is 76.1. The van der Waals surface area contributed by atoms with Crippen molar-refractivity contribution in [3.63, 3.8) is 0 Å². The van der Waals surface area contributed by atoms with E-state index in [2.05, 4.69) is 34.6 Å². The van der Waals surface area contributed by atoms with Crippen LogP contribution in [0.2, 0.25) is 0 Å². The second-order valence-electron chi connectivity index (χ2n) is 30.0. The Balaban J connectivity index is 5.19. The number of unbranched alkanes of at least 4 members (excludes halogenated alkanes) is 54. The van der Waals surface area contributed by atoms with Gasteiger partial charge in [-0.25, -0.2) is 9.13 Å². The molecule has 0 radical (unpaired) electrons. The summed E-state index contributed by atoms with van der Waals surface area (Å²) in [4.78, 5) is 73.0. The molecule has 0 amide bonds. The maximum Gasteiger partial charge on any atom is 0.472 e. The summed E-state index contributed by atoms with van der Waals surface area (Å²) in [5.41, 5.74) is 0. The maximum atomic E-state index is 13.1. The monoisotopic (exact) mass is 1480 g/mol. The molecule has 0 heterocycles. The van der Waals surface area contributed by atoms with Gasteiger partial charge >= 0.3 is 39.5 Å². The zero-order valence-electron chi connectivity index (χ0n) is 66.1. The number of phosphoric acid groups is 2. The number of aliphatic hydroxyl groups is 1. The molecule has 0 saturated heterocycles. The van der Waals surface area contributed by atoms with E-state index in [0.717, 1.165) is 95.8 Å². The average Bonchev–Trinajstić information content (AvgIpc) is 1.11. The quantitative estimate of drug-likeness (QED) is 0.0222. The molecule has 0 rings (SSSR count). The van der Waals surface area contributed by atoms with E-state index in [-0.39, 0.29) is 25.7 Å². The Bertz CT molecular complexity index is 1930. The fraction of sp³-hybridized carbons (Fsp3) is 0.951. The Morgan fingerprint density at radius 2 is 0.455 bits per heavy atom. The normalized spacial score (nSPS) is 13.8. The van der Waals surface area contributed by atoms with Gasteiger partial charge in [0.25, 0.3) is 0 Å². The molecule has 0 aromatic carbocycles. The molecule has 0 saturated carbocycles. The molecule has 19 heteroatoms. The van der Waals surface area contributed by atoms with Crippen molar-refractivity contribution >= 4 is 39.5 Å². The summed E-state index contributed by atoms with van der Waals surface area (Å²) in [6, 6.07) is 0. The number of phosphoric ester groups is 2. The number of carbonyl (C=O) groups is 4. The van der Waals surface area contributed by atoms with Gasteiger partial charge in [-0.1, -0.05) is 388 Å². The highest BCUT2D eigenvalue weighted by Gasteiger charge is 2.30. The van der Waals surface area contributed by atoms with Crippen molar-refractivity contribution in [3.8, 4) is 0 Å². The molecule has 17 nitrogen and oxygen atoms in total. The zero-order valence-corrected chi connectivity index (χ0v) is 67.8. The van der Waals surface area contributed by atoms with Crippen molar-refractivity contribution in [3.05, 3.63) is 0 Å². The second kappa shape index (κ2) is 74.9. The number of hydrogen-bond donors (Lipinski definition) is 3. The lowest BCUT2D eigenvalue weighted by Gasteiger charge is -2.21. The fourth-order valence-corrected chi connectivity index (χ4v) is 14.3. The summed E-state index contributed by atoms with van der Waals surface area (Å²) in [7, 11) is -9.92. The highest BCUT2D eigenvalue weighted by molar-refractivity contribution is 7.47. The van der Waals surface area contributed by atoms with Crippen LogP contribution in [0, 0.1) is 5.92 Å². The molecule has 0 fully saturated rings. The van der Waals surface area contributed by atoms with Gasteiger partial charge in [-0.3, -0.25) is 37.3 Å². The van der Waals surface area contributed by atoms with Crippen molar-refractivity contribution in [1.82, 2.24) is 0 Å². The number of ether oxygens (including phenoxy) is 4. The molecular formula is C82H160O17P2. The highest BCUT2D eigenvalue weighted by Crippen LogP contribution is 2.45. The average molecular weight is 1480 g/mol. The Hall–Kier alpha value is -1.94. The minimum absolute atomic E-state index is 0.108. The summed E-state index contributed by atoms with van der Waals surface area (Å²) in [6.07, 6.45) is 66.7. The fourth-order valence-electron chi connectivity index (χ4n) is 12.8. The Morgan fingerprint density at radius 1 is 0.267 bits per heavy atom. The van der Waals surface area contributed by atoms with Gasteiger partial charge in [0.05, 0.1) is 26.4 Å². The summed E-state index contributed by atoms with van der Waals surface area (Å²) in [5.74, 6) is -1.30. The van der Waals surface area contributed by atoms with Gasteiger partial charge in [0, 0.05) is 25.7 Å². The molecule has 0 aliphatic heterocycles. The maximum absolute atomic E-state index is 13.1. The minimum Gasteiger partial charge on any atom is -0.462 e. The Labute approximate surface area is 619 Å². The van der Waals surface area contributed by atoms with Gasteiger partial charge in [-0.15, -0.1) is 0 Å². The standard InChI is InChI=1S/C82H160O17P2/c1-6-9-12-15-18-21-24-25-26-27-28-29-30-31-32-35-39-43-48-53-58-63-68-82(87)99-78(72-93-80(85)66-61-56-51-46-42-38-36-33-34-37-41-44-49-54-59-64-75(4)5)74-97-101(90,91)95-70-76(83)69-94-100(88,89)96-73-77(71-92-79(84)65-60-55-50-45-23-20-17-14-11-8-3)98-81(86)67-62-57-52-47-40-22-19-16-13-10-7-2/h75-78,83H,6-74H2,1-5H3,(H,88,89)(H,90,91)/t76-,77+,78+/m0/s1. The van der Waals surface area contributed by atoms with E-state index in [9.17, 15) is 43.2 Å². The SMILES string of the molecule is CCCCCCCCCCCCCCCCCCCCCCCCC(=O)O[C@H](COC(=O)CCCCCCCCCCCCCCCCCC(C)C)COP(=O)(O)OC[C@@H](O)COP(=O)(O)OC[C@@H](COC(=O)CCCCCCCCCCCC)OC(=O)CCCCCCCCCCCCC. The molecule has 0 aromatic rings. The van der Waals surface area contributed by atoms with Gasteiger partial charge in [-0.2, -0.15) is 0 Å². The van der Waals surface area contributed by atoms with Gasteiger partial charge in [0.1, 0.15) is 19.3 Å². The Kier molecular flexibility index (Phi) is 73.5. The largest absolute Gasteiger partial charge is 0.472 e. The van der Waals surface area contributed by atoms with Crippen molar-refractivity contribution < 1.29 is 80.2 Å². The zero-order chi connectivity index (χ0) is 74.1. The first-order chi connectivity index (χ1) is 49.0.